The molecule has 26 heavy (non-hydrogen) atoms. The molecule has 0 aliphatic heterocycles. The summed E-state index contributed by atoms with van der Waals surface area (Å²) in [6.07, 6.45) is 9.83. The van der Waals surface area contributed by atoms with Gasteiger partial charge in [-0.15, -0.1) is 6.42 Å². The van der Waals surface area contributed by atoms with E-state index in [0.717, 1.165) is 31.0 Å². The molecule has 0 aliphatic carbocycles. The van der Waals surface area contributed by atoms with Crippen LogP contribution in [0.25, 0.3) is 0 Å². The monoisotopic (exact) mass is 362 g/mol. The lowest BCUT2D eigenvalue weighted by Crippen LogP contribution is -2.47. The number of rotatable bonds is 9. The van der Waals surface area contributed by atoms with Crippen molar-refractivity contribution < 1.29 is 18.4 Å². The highest BCUT2D eigenvalue weighted by atomic mass is 19.1. The molecular weight excluding hydrogens is 338 g/mol. The van der Waals surface area contributed by atoms with Gasteiger partial charge in [-0.1, -0.05) is 25.8 Å². The Morgan fingerprint density at radius 1 is 1.23 bits per heavy atom. The van der Waals surface area contributed by atoms with Crippen molar-refractivity contribution in [3.63, 3.8) is 0 Å². The minimum Gasteiger partial charge on any atom is -0.343 e. The topological polar surface area (TPSA) is 58.2 Å². The highest BCUT2D eigenvalue weighted by Crippen LogP contribution is 2.10. The van der Waals surface area contributed by atoms with Crippen LogP contribution in [0.1, 0.15) is 32.3 Å². The van der Waals surface area contributed by atoms with Crippen molar-refractivity contribution in [3.05, 3.63) is 47.5 Å². The number of terminal acetylenes is 1. The molecule has 1 atom stereocenters. The van der Waals surface area contributed by atoms with E-state index in [9.17, 15) is 18.4 Å². The Bertz CT molecular complexity index is 673. The largest absolute Gasteiger partial charge is 0.343 e. The fourth-order valence-electron chi connectivity index (χ4n) is 2.27. The number of hydrogen-bond acceptors (Lipinski definition) is 2. The second-order valence-corrected chi connectivity index (χ2v) is 6.34. The summed E-state index contributed by atoms with van der Waals surface area (Å²) >= 11 is 0. The molecule has 0 aromatic heterocycles. The average molecular weight is 362 g/mol. The normalized spacial score (nSPS) is 12.0. The summed E-state index contributed by atoms with van der Waals surface area (Å²) in [5, 5.41) is 5.02. The summed E-state index contributed by atoms with van der Waals surface area (Å²) in [5.41, 5.74) is 0.257. The molecule has 2 N–H and O–H groups in total. The number of halogens is 2. The lowest BCUT2D eigenvalue weighted by atomic mass is 10.0. The Balaban J connectivity index is 2.79. The summed E-state index contributed by atoms with van der Waals surface area (Å²) in [6, 6.07) is 1.99. The zero-order valence-electron chi connectivity index (χ0n) is 15.0. The molecule has 1 aromatic carbocycles. The predicted octanol–water partition coefficient (Wildman–Crippen LogP) is 2.73. The summed E-state index contributed by atoms with van der Waals surface area (Å²) in [6.45, 7) is 4.16. The van der Waals surface area contributed by atoms with Gasteiger partial charge in [0.15, 0.2) is 0 Å². The van der Waals surface area contributed by atoms with Crippen LogP contribution in [-0.2, 0) is 16.0 Å². The summed E-state index contributed by atoms with van der Waals surface area (Å²) in [7, 11) is 0. The Labute approximate surface area is 153 Å². The fraction of sp³-hybridized carbons (Fsp3) is 0.400. The first-order valence-electron chi connectivity index (χ1n) is 8.45. The van der Waals surface area contributed by atoms with E-state index in [2.05, 4.69) is 30.4 Å². The van der Waals surface area contributed by atoms with Gasteiger partial charge >= 0.3 is 0 Å². The number of nitrogens with one attached hydrogen (secondary N) is 2. The molecule has 0 spiro atoms. The van der Waals surface area contributed by atoms with Crippen molar-refractivity contribution in [3.8, 4) is 12.3 Å². The second kappa shape index (κ2) is 11.0. The van der Waals surface area contributed by atoms with Crippen molar-refractivity contribution in [1.82, 2.24) is 10.6 Å². The zero-order chi connectivity index (χ0) is 19.5. The highest BCUT2D eigenvalue weighted by Gasteiger charge is 2.20. The minimum absolute atomic E-state index is 0.00700. The minimum atomic E-state index is -0.994. The SMILES string of the molecule is C#CCNC(=O)[C@H](Cc1cc(F)cc(F)c1)NC(=O)/C=C/CCC(C)C. The molecule has 0 saturated heterocycles. The van der Waals surface area contributed by atoms with Gasteiger partial charge in [-0.3, -0.25) is 9.59 Å². The van der Waals surface area contributed by atoms with Crippen LogP contribution in [0.3, 0.4) is 0 Å². The van der Waals surface area contributed by atoms with Crippen LogP contribution in [0.15, 0.2) is 30.4 Å². The Morgan fingerprint density at radius 3 is 2.46 bits per heavy atom. The standard InChI is InChI=1S/C20H24F2N2O2/c1-4-9-23-20(26)18(12-15-10-16(21)13-17(22)11-15)24-19(25)8-6-5-7-14(2)3/h1,6,8,10-11,13-14,18H,5,7,9,12H2,2-3H3,(H,23,26)(H,24,25)/b8-6+/t18-/m0/s1. The average Bonchev–Trinajstić information content (AvgIpc) is 2.55. The van der Waals surface area contributed by atoms with Crippen LogP contribution in [0.2, 0.25) is 0 Å². The molecule has 2 amide bonds. The van der Waals surface area contributed by atoms with Gasteiger partial charge in [-0.05, 0) is 42.5 Å². The molecule has 1 rings (SSSR count). The van der Waals surface area contributed by atoms with Crippen LogP contribution < -0.4 is 10.6 Å². The summed E-state index contributed by atoms with van der Waals surface area (Å²) < 4.78 is 26.7. The molecule has 0 radical (unpaired) electrons. The molecule has 1 aromatic rings. The van der Waals surface area contributed by atoms with Gasteiger partial charge in [-0.25, -0.2) is 8.78 Å². The lowest BCUT2D eigenvalue weighted by Gasteiger charge is -2.17. The second-order valence-electron chi connectivity index (χ2n) is 6.34. The predicted molar refractivity (Wildman–Crippen MR) is 97.0 cm³/mol. The molecule has 6 heteroatoms. The zero-order valence-corrected chi connectivity index (χ0v) is 15.0. The van der Waals surface area contributed by atoms with Gasteiger partial charge < -0.3 is 10.6 Å². The Hall–Kier alpha value is -2.68. The first-order valence-corrected chi connectivity index (χ1v) is 8.45. The molecule has 140 valence electrons. The maximum absolute atomic E-state index is 13.3. The van der Waals surface area contributed by atoms with Crippen LogP contribution >= 0.6 is 0 Å². The van der Waals surface area contributed by atoms with Gasteiger partial charge in [-0.2, -0.15) is 0 Å². The van der Waals surface area contributed by atoms with E-state index < -0.39 is 29.5 Å². The van der Waals surface area contributed by atoms with E-state index in [1.165, 1.54) is 6.08 Å². The smallest absolute Gasteiger partial charge is 0.244 e. The van der Waals surface area contributed by atoms with Crippen LogP contribution in [0.5, 0.6) is 0 Å². The lowest BCUT2D eigenvalue weighted by molar-refractivity contribution is -0.126. The number of carbonyl (C=O) groups excluding carboxylic acids is 2. The summed E-state index contributed by atoms with van der Waals surface area (Å²) in [5.74, 6) is 0.319. The maximum atomic E-state index is 13.3. The van der Waals surface area contributed by atoms with E-state index in [-0.39, 0.29) is 18.5 Å². The quantitative estimate of drug-likeness (QED) is 0.524. The molecule has 0 saturated carbocycles. The van der Waals surface area contributed by atoms with Gasteiger partial charge in [0.2, 0.25) is 11.8 Å². The van der Waals surface area contributed by atoms with Crippen molar-refractivity contribution in [1.29, 1.82) is 0 Å². The van der Waals surface area contributed by atoms with Crippen molar-refractivity contribution in [2.75, 3.05) is 6.54 Å². The van der Waals surface area contributed by atoms with Crippen LogP contribution in [0, 0.1) is 29.9 Å². The van der Waals surface area contributed by atoms with E-state index in [1.807, 2.05) is 0 Å². The molecule has 0 fully saturated rings. The van der Waals surface area contributed by atoms with Gasteiger partial charge in [0.25, 0.3) is 0 Å². The van der Waals surface area contributed by atoms with Gasteiger partial charge in [0, 0.05) is 12.5 Å². The molecule has 0 bridgehead atoms. The Morgan fingerprint density at radius 2 is 1.88 bits per heavy atom. The molecule has 0 aliphatic rings. The third-order valence-corrected chi connectivity index (χ3v) is 3.54. The Kier molecular flexibility index (Phi) is 9.07. The maximum Gasteiger partial charge on any atom is 0.244 e. The fourth-order valence-corrected chi connectivity index (χ4v) is 2.27. The number of allylic oxidation sites excluding steroid dienone is 1. The third kappa shape index (κ3) is 8.43. The van der Waals surface area contributed by atoms with Crippen molar-refractivity contribution in [2.24, 2.45) is 5.92 Å². The first-order chi connectivity index (χ1) is 12.3. The summed E-state index contributed by atoms with van der Waals surface area (Å²) in [4.78, 5) is 24.2. The van der Waals surface area contributed by atoms with Crippen LogP contribution in [-0.4, -0.2) is 24.4 Å². The van der Waals surface area contributed by atoms with Crippen molar-refractivity contribution >= 4 is 11.8 Å². The molecular formula is C20H24F2N2O2. The molecule has 0 unspecified atom stereocenters. The first kappa shape index (κ1) is 21.4. The van der Waals surface area contributed by atoms with Gasteiger partial charge in [0.05, 0.1) is 6.54 Å². The van der Waals surface area contributed by atoms with E-state index in [1.54, 1.807) is 6.08 Å². The van der Waals surface area contributed by atoms with Gasteiger partial charge in [0.1, 0.15) is 17.7 Å². The number of hydrogen-bond donors (Lipinski definition) is 2. The van der Waals surface area contributed by atoms with E-state index in [0.29, 0.717) is 5.92 Å². The van der Waals surface area contributed by atoms with E-state index in [4.69, 9.17) is 6.42 Å². The third-order valence-electron chi connectivity index (χ3n) is 3.54. The molecule has 4 nitrogen and oxygen atoms in total. The number of amides is 2. The highest BCUT2D eigenvalue weighted by molar-refractivity contribution is 5.93. The van der Waals surface area contributed by atoms with E-state index >= 15 is 0 Å². The van der Waals surface area contributed by atoms with Crippen molar-refractivity contribution in [2.45, 2.75) is 39.2 Å². The molecule has 0 heterocycles. The number of carbonyl (C=O) groups is 2. The number of benzene rings is 1. The van der Waals surface area contributed by atoms with Crippen LogP contribution in [0.4, 0.5) is 8.78 Å².